The average Bonchev–Trinajstić information content (AvgIpc) is 2.95. The van der Waals surface area contributed by atoms with E-state index in [2.05, 4.69) is 5.32 Å². The van der Waals surface area contributed by atoms with Gasteiger partial charge in [0.25, 0.3) is 5.69 Å². The zero-order chi connectivity index (χ0) is 14.7. The molecule has 6 nitrogen and oxygen atoms in total. The Labute approximate surface area is 123 Å². The highest BCUT2D eigenvalue weighted by Gasteiger charge is 2.40. The van der Waals surface area contributed by atoms with Gasteiger partial charge in [-0.05, 0) is 12.8 Å². The van der Waals surface area contributed by atoms with E-state index in [0.29, 0.717) is 25.8 Å². The van der Waals surface area contributed by atoms with E-state index in [4.69, 9.17) is 9.47 Å². The van der Waals surface area contributed by atoms with Gasteiger partial charge >= 0.3 is 0 Å². The fourth-order valence-electron chi connectivity index (χ4n) is 3.14. The van der Waals surface area contributed by atoms with Gasteiger partial charge in [0.05, 0.1) is 18.1 Å². The molecule has 1 aliphatic carbocycles. The topological polar surface area (TPSA) is 73.6 Å². The molecule has 1 aromatic rings. The van der Waals surface area contributed by atoms with Crippen LogP contribution in [0.2, 0.25) is 0 Å². The van der Waals surface area contributed by atoms with Gasteiger partial charge in [0.1, 0.15) is 0 Å². The highest BCUT2D eigenvalue weighted by Crippen LogP contribution is 2.35. The van der Waals surface area contributed by atoms with Gasteiger partial charge in [-0.1, -0.05) is 18.2 Å². The molecule has 2 aliphatic rings. The van der Waals surface area contributed by atoms with Gasteiger partial charge in [-0.15, -0.1) is 0 Å². The van der Waals surface area contributed by atoms with Crippen molar-refractivity contribution in [2.75, 3.05) is 13.2 Å². The van der Waals surface area contributed by atoms with Crippen molar-refractivity contribution >= 4 is 5.69 Å². The second-order valence-corrected chi connectivity index (χ2v) is 5.65. The molecule has 3 rings (SSSR count). The molecule has 21 heavy (non-hydrogen) atoms. The Bertz CT molecular complexity index is 504. The Morgan fingerprint density at radius 1 is 1.24 bits per heavy atom. The first-order valence-corrected chi connectivity index (χ1v) is 7.42. The molecule has 1 aliphatic heterocycles. The SMILES string of the molecule is O=[N+]([O-])c1ccccc1CNC1CCC2(CC1)OCCO2. The summed E-state index contributed by atoms with van der Waals surface area (Å²) in [7, 11) is 0. The van der Waals surface area contributed by atoms with Gasteiger partial charge in [0.15, 0.2) is 5.79 Å². The van der Waals surface area contributed by atoms with Gasteiger partial charge in [0, 0.05) is 37.1 Å². The molecule has 0 aromatic heterocycles. The van der Waals surface area contributed by atoms with Crippen LogP contribution in [0.15, 0.2) is 24.3 Å². The van der Waals surface area contributed by atoms with Crippen LogP contribution in [0.5, 0.6) is 0 Å². The molecule has 0 unspecified atom stereocenters. The maximum atomic E-state index is 11.0. The summed E-state index contributed by atoms with van der Waals surface area (Å²) in [6.07, 6.45) is 3.73. The van der Waals surface area contributed by atoms with Gasteiger partial charge < -0.3 is 14.8 Å². The van der Waals surface area contributed by atoms with Crippen LogP contribution in [-0.4, -0.2) is 30.0 Å². The third-order valence-corrected chi connectivity index (χ3v) is 4.33. The molecule has 2 fully saturated rings. The summed E-state index contributed by atoms with van der Waals surface area (Å²) in [4.78, 5) is 10.7. The van der Waals surface area contributed by atoms with E-state index >= 15 is 0 Å². The van der Waals surface area contributed by atoms with Crippen LogP contribution in [0.3, 0.4) is 0 Å². The first-order valence-electron chi connectivity index (χ1n) is 7.42. The van der Waals surface area contributed by atoms with Crippen molar-refractivity contribution < 1.29 is 14.4 Å². The summed E-state index contributed by atoms with van der Waals surface area (Å²) < 4.78 is 11.4. The first-order chi connectivity index (χ1) is 10.2. The van der Waals surface area contributed by atoms with Gasteiger partial charge in [-0.25, -0.2) is 0 Å². The Balaban J connectivity index is 1.54. The van der Waals surface area contributed by atoms with Crippen molar-refractivity contribution in [2.24, 2.45) is 0 Å². The van der Waals surface area contributed by atoms with Gasteiger partial charge in [0.2, 0.25) is 0 Å². The zero-order valence-electron chi connectivity index (χ0n) is 11.9. The van der Waals surface area contributed by atoms with E-state index in [1.165, 1.54) is 0 Å². The minimum atomic E-state index is -0.350. The predicted octanol–water partition coefficient (Wildman–Crippen LogP) is 2.37. The third-order valence-electron chi connectivity index (χ3n) is 4.33. The van der Waals surface area contributed by atoms with Crippen molar-refractivity contribution in [2.45, 2.75) is 44.1 Å². The zero-order valence-corrected chi connectivity index (χ0v) is 11.9. The quantitative estimate of drug-likeness (QED) is 0.681. The minimum absolute atomic E-state index is 0.180. The summed E-state index contributed by atoms with van der Waals surface area (Å²) in [5.41, 5.74) is 0.913. The van der Waals surface area contributed by atoms with E-state index in [9.17, 15) is 10.1 Å². The predicted molar refractivity (Wildman–Crippen MR) is 76.8 cm³/mol. The minimum Gasteiger partial charge on any atom is -0.348 e. The third kappa shape index (κ3) is 3.23. The molecule has 0 radical (unpaired) electrons. The molecule has 6 heteroatoms. The molecular formula is C15H20N2O4. The van der Waals surface area contributed by atoms with E-state index < -0.39 is 0 Å². The van der Waals surface area contributed by atoms with Gasteiger partial charge in [-0.2, -0.15) is 0 Å². The molecule has 1 aromatic carbocycles. The highest BCUT2D eigenvalue weighted by atomic mass is 16.7. The fourth-order valence-corrected chi connectivity index (χ4v) is 3.14. The number of nitro groups is 1. The number of ether oxygens (including phenoxy) is 2. The van der Waals surface area contributed by atoms with Crippen LogP contribution in [-0.2, 0) is 16.0 Å². The van der Waals surface area contributed by atoms with Crippen LogP contribution >= 0.6 is 0 Å². The number of nitrogens with zero attached hydrogens (tertiary/aromatic N) is 1. The van der Waals surface area contributed by atoms with Gasteiger partial charge in [-0.3, -0.25) is 10.1 Å². The van der Waals surface area contributed by atoms with E-state index in [-0.39, 0.29) is 16.4 Å². The molecule has 1 saturated heterocycles. The lowest BCUT2D eigenvalue weighted by atomic mass is 9.90. The van der Waals surface area contributed by atoms with E-state index in [1.54, 1.807) is 18.2 Å². The van der Waals surface area contributed by atoms with Crippen molar-refractivity contribution in [1.29, 1.82) is 0 Å². The molecular weight excluding hydrogens is 272 g/mol. The Kier molecular flexibility index (Phi) is 4.19. The summed E-state index contributed by atoms with van der Waals surface area (Å²) in [5, 5.41) is 14.4. The van der Waals surface area contributed by atoms with Crippen molar-refractivity contribution in [3.8, 4) is 0 Å². The summed E-state index contributed by atoms with van der Waals surface area (Å²) in [6.45, 7) is 1.90. The summed E-state index contributed by atoms with van der Waals surface area (Å²) in [5.74, 6) is -0.350. The first kappa shape index (κ1) is 14.4. The van der Waals surface area contributed by atoms with Crippen LogP contribution in [0.1, 0.15) is 31.2 Å². The summed E-state index contributed by atoms with van der Waals surface area (Å²) in [6, 6.07) is 7.25. The maximum absolute atomic E-state index is 11.0. The average molecular weight is 292 g/mol. The van der Waals surface area contributed by atoms with Crippen molar-refractivity contribution in [1.82, 2.24) is 5.32 Å². The lowest BCUT2D eigenvalue weighted by Gasteiger charge is -2.35. The van der Waals surface area contributed by atoms with Crippen LogP contribution in [0, 0.1) is 10.1 Å². The summed E-state index contributed by atoms with van der Waals surface area (Å²) >= 11 is 0. The van der Waals surface area contributed by atoms with Crippen LogP contribution in [0.25, 0.3) is 0 Å². The number of hydrogen-bond donors (Lipinski definition) is 1. The lowest BCUT2D eigenvalue weighted by Crippen LogP contribution is -2.41. The van der Waals surface area contributed by atoms with E-state index in [1.807, 2.05) is 6.07 Å². The molecule has 1 saturated carbocycles. The molecule has 114 valence electrons. The number of rotatable bonds is 4. The maximum Gasteiger partial charge on any atom is 0.273 e. The normalized spacial score (nSPS) is 21.7. The number of para-hydroxylation sites is 1. The number of nitro benzene ring substituents is 1. The second kappa shape index (κ2) is 6.09. The Morgan fingerprint density at radius 3 is 2.57 bits per heavy atom. The second-order valence-electron chi connectivity index (χ2n) is 5.65. The Hall–Kier alpha value is -1.50. The smallest absolute Gasteiger partial charge is 0.273 e. The number of nitrogens with one attached hydrogen (secondary N) is 1. The Morgan fingerprint density at radius 2 is 1.90 bits per heavy atom. The molecule has 0 bridgehead atoms. The van der Waals surface area contributed by atoms with Crippen LogP contribution in [0.4, 0.5) is 5.69 Å². The van der Waals surface area contributed by atoms with Crippen LogP contribution < -0.4 is 5.32 Å². The monoisotopic (exact) mass is 292 g/mol. The number of hydrogen-bond acceptors (Lipinski definition) is 5. The standard InChI is InChI=1S/C15H20N2O4/c18-17(19)14-4-2-1-3-12(14)11-16-13-5-7-15(8-6-13)20-9-10-21-15/h1-4,13,16H,5-11H2. The molecule has 1 spiro atoms. The number of benzene rings is 1. The lowest BCUT2D eigenvalue weighted by molar-refractivity contribution is -0.385. The molecule has 1 N–H and O–H groups in total. The molecule has 0 atom stereocenters. The van der Waals surface area contributed by atoms with E-state index in [0.717, 1.165) is 31.2 Å². The fraction of sp³-hybridized carbons (Fsp3) is 0.600. The molecule has 1 heterocycles. The highest BCUT2D eigenvalue weighted by molar-refractivity contribution is 5.39. The van der Waals surface area contributed by atoms with Crippen molar-refractivity contribution in [3.05, 3.63) is 39.9 Å². The molecule has 0 amide bonds. The van der Waals surface area contributed by atoms with Crippen molar-refractivity contribution in [3.63, 3.8) is 0 Å². The largest absolute Gasteiger partial charge is 0.348 e.